The second-order valence-corrected chi connectivity index (χ2v) is 3.62. The van der Waals surface area contributed by atoms with Crippen molar-refractivity contribution in [2.75, 3.05) is 6.61 Å². The maximum Gasteiger partial charge on any atom is 0.308 e. The number of hydrogen-bond donors (Lipinski definition) is 0. The van der Waals surface area contributed by atoms with Crippen molar-refractivity contribution in [2.24, 2.45) is 0 Å². The Bertz CT molecular complexity index is 439. The van der Waals surface area contributed by atoms with E-state index in [4.69, 9.17) is 14.2 Å². The van der Waals surface area contributed by atoms with Crippen LogP contribution < -0.4 is 14.2 Å². The maximum atomic E-state index is 11.1. The molecule has 5 heteroatoms. The zero-order valence-corrected chi connectivity index (χ0v) is 10.7. The maximum absolute atomic E-state index is 11.1. The van der Waals surface area contributed by atoms with Crippen molar-refractivity contribution in [2.45, 2.75) is 27.2 Å². The van der Waals surface area contributed by atoms with Crippen molar-refractivity contribution in [1.29, 1.82) is 0 Å². The summed E-state index contributed by atoms with van der Waals surface area (Å²) >= 11 is 0. The van der Waals surface area contributed by atoms with Gasteiger partial charge in [-0.3, -0.25) is 9.59 Å². The van der Waals surface area contributed by atoms with E-state index in [1.807, 2.05) is 6.92 Å². The molecule has 1 rings (SSSR count). The van der Waals surface area contributed by atoms with Crippen molar-refractivity contribution >= 4 is 11.9 Å². The van der Waals surface area contributed by atoms with Crippen molar-refractivity contribution in [3.8, 4) is 17.2 Å². The summed E-state index contributed by atoms with van der Waals surface area (Å²) in [4.78, 5) is 22.0. The van der Waals surface area contributed by atoms with Crippen molar-refractivity contribution in [3.63, 3.8) is 0 Å². The summed E-state index contributed by atoms with van der Waals surface area (Å²) in [7, 11) is 0. The summed E-state index contributed by atoms with van der Waals surface area (Å²) in [5.74, 6) is -0.308. The van der Waals surface area contributed by atoms with Crippen LogP contribution in [0.25, 0.3) is 0 Å². The molecule has 0 heterocycles. The van der Waals surface area contributed by atoms with E-state index in [2.05, 4.69) is 0 Å². The Labute approximate surface area is 106 Å². The van der Waals surface area contributed by atoms with Crippen LogP contribution in [0, 0.1) is 0 Å². The molecule has 0 unspecified atom stereocenters. The minimum Gasteiger partial charge on any atom is -0.490 e. The summed E-state index contributed by atoms with van der Waals surface area (Å²) in [6.45, 7) is 4.99. The molecule has 0 spiro atoms. The van der Waals surface area contributed by atoms with Gasteiger partial charge in [0.25, 0.3) is 0 Å². The highest BCUT2D eigenvalue weighted by Crippen LogP contribution is 2.37. The molecule has 0 N–H and O–H groups in total. The summed E-state index contributed by atoms with van der Waals surface area (Å²) in [6, 6.07) is 4.86. The zero-order chi connectivity index (χ0) is 13.5. The molecule has 1 aromatic rings. The van der Waals surface area contributed by atoms with Gasteiger partial charge in [-0.05, 0) is 18.6 Å². The molecule has 5 nitrogen and oxygen atoms in total. The first-order chi connectivity index (χ1) is 8.54. The van der Waals surface area contributed by atoms with E-state index >= 15 is 0 Å². The van der Waals surface area contributed by atoms with E-state index in [-0.39, 0.29) is 11.5 Å². The second kappa shape index (κ2) is 6.64. The third-order valence-electron chi connectivity index (χ3n) is 1.90. The highest BCUT2D eigenvalue weighted by Gasteiger charge is 2.15. The predicted molar refractivity (Wildman–Crippen MR) is 64.8 cm³/mol. The van der Waals surface area contributed by atoms with E-state index in [1.54, 1.807) is 18.2 Å². The minimum absolute atomic E-state index is 0.133. The van der Waals surface area contributed by atoms with Crippen molar-refractivity contribution in [1.82, 2.24) is 0 Å². The fourth-order valence-electron chi connectivity index (χ4n) is 1.30. The topological polar surface area (TPSA) is 61.8 Å². The molecular weight excluding hydrogens is 236 g/mol. The Balaban J connectivity index is 3.07. The van der Waals surface area contributed by atoms with E-state index in [1.165, 1.54) is 13.8 Å². The molecule has 0 bridgehead atoms. The van der Waals surface area contributed by atoms with Gasteiger partial charge >= 0.3 is 11.9 Å². The van der Waals surface area contributed by atoms with Crippen LogP contribution in [0.15, 0.2) is 18.2 Å². The number of carbonyl (C=O) groups is 2. The van der Waals surface area contributed by atoms with Gasteiger partial charge in [0.05, 0.1) is 6.61 Å². The Kier molecular flexibility index (Phi) is 5.17. The molecule has 0 aliphatic rings. The average Bonchev–Trinajstić information content (AvgIpc) is 2.28. The summed E-state index contributed by atoms with van der Waals surface area (Å²) in [5, 5.41) is 0. The van der Waals surface area contributed by atoms with E-state index in [9.17, 15) is 9.59 Å². The third-order valence-corrected chi connectivity index (χ3v) is 1.90. The zero-order valence-electron chi connectivity index (χ0n) is 10.7. The Hall–Kier alpha value is -2.04. The molecule has 0 saturated carbocycles. The van der Waals surface area contributed by atoms with E-state index in [0.717, 1.165) is 6.42 Å². The van der Waals surface area contributed by atoms with Gasteiger partial charge in [0.15, 0.2) is 11.5 Å². The molecule has 0 atom stereocenters. The van der Waals surface area contributed by atoms with Crippen LogP contribution in [0.1, 0.15) is 27.2 Å². The molecule has 1 aromatic carbocycles. The number of carbonyl (C=O) groups excluding carboxylic acids is 2. The van der Waals surface area contributed by atoms with Gasteiger partial charge in [-0.25, -0.2) is 0 Å². The van der Waals surface area contributed by atoms with Gasteiger partial charge in [-0.1, -0.05) is 13.0 Å². The quantitative estimate of drug-likeness (QED) is 0.594. The summed E-state index contributed by atoms with van der Waals surface area (Å²) in [6.07, 6.45) is 0.817. The molecule has 0 aliphatic heterocycles. The monoisotopic (exact) mass is 252 g/mol. The van der Waals surface area contributed by atoms with Gasteiger partial charge in [-0.15, -0.1) is 0 Å². The summed E-state index contributed by atoms with van der Waals surface area (Å²) < 4.78 is 15.4. The number of para-hydroxylation sites is 1. The minimum atomic E-state index is -0.504. The standard InChI is InChI=1S/C13H16O5/c1-4-8-16-11-6-5-7-12(17-9(2)14)13(11)18-10(3)15/h5-7H,4,8H2,1-3H3. The highest BCUT2D eigenvalue weighted by atomic mass is 16.6. The van der Waals surface area contributed by atoms with Gasteiger partial charge < -0.3 is 14.2 Å². The summed E-state index contributed by atoms with van der Waals surface area (Å²) in [5.41, 5.74) is 0. The lowest BCUT2D eigenvalue weighted by Crippen LogP contribution is -2.09. The molecule has 18 heavy (non-hydrogen) atoms. The lowest BCUT2D eigenvalue weighted by Gasteiger charge is -2.13. The molecule has 0 saturated heterocycles. The number of benzene rings is 1. The number of esters is 2. The average molecular weight is 252 g/mol. The normalized spacial score (nSPS) is 9.72. The van der Waals surface area contributed by atoms with Crippen LogP contribution >= 0.6 is 0 Å². The van der Waals surface area contributed by atoms with E-state index in [0.29, 0.717) is 12.4 Å². The highest BCUT2D eigenvalue weighted by molar-refractivity contribution is 5.75. The van der Waals surface area contributed by atoms with Gasteiger partial charge in [0.1, 0.15) is 0 Å². The largest absolute Gasteiger partial charge is 0.490 e. The first kappa shape index (κ1) is 14.0. The second-order valence-electron chi connectivity index (χ2n) is 3.62. The van der Waals surface area contributed by atoms with Crippen LogP contribution in [0.4, 0.5) is 0 Å². The SMILES string of the molecule is CCCOc1cccc(OC(C)=O)c1OC(C)=O. The number of ether oxygens (including phenoxy) is 3. The molecule has 0 aromatic heterocycles. The van der Waals surface area contributed by atoms with E-state index < -0.39 is 11.9 Å². The van der Waals surface area contributed by atoms with Gasteiger partial charge in [0, 0.05) is 13.8 Å². The Morgan fingerprint density at radius 3 is 2.22 bits per heavy atom. The predicted octanol–water partition coefficient (Wildman–Crippen LogP) is 2.33. The Morgan fingerprint density at radius 1 is 1.06 bits per heavy atom. The van der Waals surface area contributed by atoms with Crippen LogP contribution in [0.5, 0.6) is 17.2 Å². The third kappa shape index (κ3) is 4.08. The lowest BCUT2D eigenvalue weighted by molar-refractivity contribution is -0.134. The molecule has 0 radical (unpaired) electrons. The fraction of sp³-hybridized carbons (Fsp3) is 0.385. The van der Waals surface area contributed by atoms with Crippen LogP contribution in [-0.4, -0.2) is 18.5 Å². The van der Waals surface area contributed by atoms with Crippen LogP contribution in [0.2, 0.25) is 0 Å². The van der Waals surface area contributed by atoms with Crippen molar-refractivity contribution in [3.05, 3.63) is 18.2 Å². The van der Waals surface area contributed by atoms with Gasteiger partial charge in [-0.2, -0.15) is 0 Å². The van der Waals surface area contributed by atoms with Crippen LogP contribution in [-0.2, 0) is 9.59 Å². The Morgan fingerprint density at radius 2 is 1.67 bits per heavy atom. The van der Waals surface area contributed by atoms with Gasteiger partial charge in [0.2, 0.25) is 5.75 Å². The molecule has 98 valence electrons. The number of hydrogen-bond acceptors (Lipinski definition) is 5. The molecule has 0 amide bonds. The molecule has 0 fully saturated rings. The fourth-order valence-corrected chi connectivity index (χ4v) is 1.30. The molecular formula is C13H16O5. The smallest absolute Gasteiger partial charge is 0.308 e. The first-order valence-electron chi connectivity index (χ1n) is 5.67. The number of rotatable bonds is 5. The molecule has 0 aliphatic carbocycles. The first-order valence-corrected chi connectivity index (χ1v) is 5.67. The lowest BCUT2D eigenvalue weighted by atomic mass is 10.3. The van der Waals surface area contributed by atoms with Crippen LogP contribution in [0.3, 0.4) is 0 Å². The van der Waals surface area contributed by atoms with Crippen molar-refractivity contribution < 1.29 is 23.8 Å².